The lowest BCUT2D eigenvalue weighted by Gasteiger charge is -2.20. The molecule has 1 heterocycles. The minimum atomic E-state index is -0.575. The van der Waals surface area contributed by atoms with Crippen LogP contribution in [0.25, 0.3) is 0 Å². The van der Waals surface area contributed by atoms with Crippen molar-refractivity contribution in [3.8, 4) is 5.75 Å². The van der Waals surface area contributed by atoms with Gasteiger partial charge in [0.2, 0.25) is 0 Å². The molecule has 1 unspecified atom stereocenters. The number of halogens is 1. The zero-order chi connectivity index (χ0) is 14.1. The molecule has 0 saturated heterocycles. The molecule has 2 aromatic carbocycles. The van der Waals surface area contributed by atoms with Crippen LogP contribution in [-0.2, 0) is 6.42 Å². The van der Waals surface area contributed by atoms with Gasteiger partial charge in [-0.3, -0.25) is 0 Å². The first-order valence-corrected chi connectivity index (χ1v) is 7.93. The van der Waals surface area contributed by atoms with E-state index in [1.165, 1.54) is 11.1 Å². The van der Waals surface area contributed by atoms with E-state index in [9.17, 15) is 5.11 Å². The number of rotatable bonds is 2. The second kappa shape index (κ2) is 5.74. The standard InChI is InChI=1S/C17H17IO2/c1-11-4-2-6-14(16(11)18)17(19)13-7-8-15-12(10-13)5-3-9-20-15/h2,4,6-8,10,17,19H,3,5,9H2,1H3. The van der Waals surface area contributed by atoms with E-state index in [0.717, 1.165) is 39.9 Å². The molecule has 1 aliphatic heterocycles. The minimum absolute atomic E-state index is 0.575. The fourth-order valence-electron chi connectivity index (χ4n) is 2.61. The van der Waals surface area contributed by atoms with E-state index in [0.29, 0.717) is 0 Å². The van der Waals surface area contributed by atoms with Gasteiger partial charge in [0.25, 0.3) is 0 Å². The molecule has 1 aliphatic rings. The molecule has 0 aliphatic carbocycles. The van der Waals surface area contributed by atoms with Crippen LogP contribution < -0.4 is 4.74 Å². The molecule has 0 amide bonds. The molecule has 2 nitrogen and oxygen atoms in total. The molecule has 3 rings (SSSR count). The maximum atomic E-state index is 10.7. The maximum Gasteiger partial charge on any atom is 0.122 e. The summed E-state index contributed by atoms with van der Waals surface area (Å²) < 4.78 is 6.75. The molecule has 1 N–H and O–H groups in total. The second-order valence-electron chi connectivity index (χ2n) is 5.20. The van der Waals surface area contributed by atoms with Gasteiger partial charge in [-0.05, 0) is 76.7 Å². The summed E-state index contributed by atoms with van der Waals surface area (Å²) in [5.74, 6) is 0.964. The van der Waals surface area contributed by atoms with Crippen molar-refractivity contribution in [1.29, 1.82) is 0 Å². The van der Waals surface area contributed by atoms with Gasteiger partial charge in [-0.15, -0.1) is 0 Å². The zero-order valence-corrected chi connectivity index (χ0v) is 13.6. The molecule has 0 aromatic heterocycles. The maximum absolute atomic E-state index is 10.7. The highest BCUT2D eigenvalue weighted by Crippen LogP contribution is 2.32. The third-order valence-corrected chi connectivity index (χ3v) is 5.24. The van der Waals surface area contributed by atoms with Crippen LogP contribution in [0.5, 0.6) is 5.75 Å². The largest absolute Gasteiger partial charge is 0.493 e. The summed E-state index contributed by atoms with van der Waals surface area (Å²) in [4.78, 5) is 0. The molecular weight excluding hydrogens is 363 g/mol. The normalized spacial score (nSPS) is 15.3. The lowest BCUT2D eigenvalue weighted by molar-refractivity contribution is 0.218. The van der Waals surface area contributed by atoms with Gasteiger partial charge in [0.15, 0.2) is 0 Å². The summed E-state index contributed by atoms with van der Waals surface area (Å²) in [5, 5.41) is 10.7. The van der Waals surface area contributed by atoms with Gasteiger partial charge < -0.3 is 9.84 Å². The monoisotopic (exact) mass is 380 g/mol. The first-order chi connectivity index (χ1) is 9.66. The Kier molecular flexibility index (Phi) is 3.98. The molecule has 1 atom stereocenters. The second-order valence-corrected chi connectivity index (χ2v) is 6.28. The van der Waals surface area contributed by atoms with Gasteiger partial charge in [-0.2, -0.15) is 0 Å². The highest BCUT2D eigenvalue weighted by molar-refractivity contribution is 14.1. The summed E-state index contributed by atoms with van der Waals surface area (Å²) in [7, 11) is 0. The van der Waals surface area contributed by atoms with Crippen LogP contribution >= 0.6 is 22.6 Å². The van der Waals surface area contributed by atoms with Crippen LogP contribution in [0.15, 0.2) is 36.4 Å². The van der Waals surface area contributed by atoms with Crippen molar-refractivity contribution in [2.24, 2.45) is 0 Å². The predicted octanol–water partition coefficient (Wildman–Crippen LogP) is 4.01. The molecule has 20 heavy (non-hydrogen) atoms. The summed E-state index contributed by atoms with van der Waals surface area (Å²) in [6.45, 7) is 2.86. The number of benzene rings is 2. The van der Waals surface area contributed by atoms with Gasteiger partial charge in [0, 0.05) is 3.57 Å². The number of aryl methyl sites for hydroxylation is 2. The average Bonchev–Trinajstić information content (AvgIpc) is 2.49. The van der Waals surface area contributed by atoms with Crippen molar-refractivity contribution in [3.63, 3.8) is 0 Å². The molecule has 2 aromatic rings. The van der Waals surface area contributed by atoms with E-state index in [-0.39, 0.29) is 0 Å². The number of ether oxygens (including phenoxy) is 1. The highest BCUT2D eigenvalue weighted by Gasteiger charge is 2.17. The Bertz CT molecular complexity index is 637. The SMILES string of the molecule is Cc1cccc(C(O)c2ccc3c(c2)CCCO3)c1I. The molecule has 0 fully saturated rings. The highest BCUT2D eigenvalue weighted by atomic mass is 127. The summed E-state index contributed by atoms with van der Waals surface area (Å²) in [5.41, 5.74) is 4.32. The van der Waals surface area contributed by atoms with Gasteiger partial charge in [-0.25, -0.2) is 0 Å². The van der Waals surface area contributed by atoms with Crippen LogP contribution in [-0.4, -0.2) is 11.7 Å². The Morgan fingerprint density at radius 2 is 2.10 bits per heavy atom. The quantitative estimate of drug-likeness (QED) is 0.798. The average molecular weight is 380 g/mol. The van der Waals surface area contributed by atoms with Crippen molar-refractivity contribution in [1.82, 2.24) is 0 Å². The van der Waals surface area contributed by atoms with Crippen molar-refractivity contribution in [3.05, 3.63) is 62.2 Å². The Morgan fingerprint density at radius 3 is 2.95 bits per heavy atom. The third-order valence-electron chi connectivity index (χ3n) is 3.76. The Morgan fingerprint density at radius 1 is 1.25 bits per heavy atom. The zero-order valence-electron chi connectivity index (χ0n) is 11.4. The van der Waals surface area contributed by atoms with E-state index in [4.69, 9.17) is 4.74 Å². The van der Waals surface area contributed by atoms with E-state index in [1.807, 2.05) is 24.3 Å². The first-order valence-electron chi connectivity index (χ1n) is 6.85. The predicted molar refractivity (Wildman–Crippen MR) is 88.2 cm³/mol. The Balaban J connectivity index is 1.98. The van der Waals surface area contributed by atoms with Gasteiger partial charge in [0.05, 0.1) is 6.61 Å². The van der Waals surface area contributed by atoms with Gasteiger partial charge in [-0.1, -0.05) is 24.3 Å². The molecule has 0 spiro atoms. The number of aliphatic hydroxyl groups excluding tert-OH is 1. The molecular formula is C17H17IO2. The Hall–Kier alpha value is -1.07. The van der Waals surface area contributed by atoms with Crippen LogP contribution in [0, 0.1) is 10.5 Å². The number of aliphatic hydroxyl groups is 1. The van der Waals surface area contributed by atoms with Crippen LogP contribution in [0.4, 0.5) is 0 Å². The first kappa shape index (κ1) is 13.9. The van der Waals surface area contributed by atoms with E-state index >= 15 is 0 Å². The van der Waals surface area contributed by atoms with E-state index in [2.05, 4.69) is 41.6 Å². The topological polar surface area (TPSA) is 29.5 Å². The summed E-state index contributed by atoms with van der Waals surface area (Å²) in [6, 6.07) is 12.1. The number of hydrogen-bond donors (Lipinski definition) is 1. The molecule has 104 valence electrons. The van der Waals surface area contributed by atoms with Crippen LogP contribution in [0.1, 0.15) is 34.8 Å². The summed E-state index contributed by atoms with van der Waals surface area (Å²) in [6.07, 6.45) is 1.50. The van der Waals surface area contributed by atoms with E-state index in [1.54, 1.807) is 0 Å². The van der Waals surface area contributed by atoms with Gasteiger partial charge >= 0.3 is 0 Å². The van der Waals surface area contributed by atoms with Gasteiger partial charge in [0.1, 0.15) is 11.9 Å². The smallest absolute Gasteiger partial charge is 0.122 e. The lowest BCUT2D eigenvalue weighted by Crippen LogP contribution is -2.10. The molecule has 0 bridgehead atoms. The summed E-state index contributed by atoms with van der Waals surface area (Å²) >= 11 is 2.31. The Labute approximate surface area is 132 Å². The minimum Gasteiger partial charge on any atom is -0.493 e. The molecule has 0 saturated carbocycles. The van der Waals surface area contributed by atoms with Crippen molar-refractivity contribution in [2.75, 3.05) is 6.61 Å². The molecule has 0 radical (unpaired) electrons. The number of fused-ring (bicyclic) bond motifs is 1. The number of hydrogen-bond acceptors (Lipinski definition) is 2. The van der Waals surface area contributed by atoms with E-state index < -0.39 is 6.10 Å². The fourth-order valence-corrected chi connectivity index (χ4v) is 3.27. The van der Waals surface area contributed by atoms with Crippen LogP contribution in [0.3, 0.4) is 0 Å². The lowest BCUT2D eigenvalue weighted by atomic mass is 9.96. The molecule has 3 heteroatoms. The third kappa shape index (κ3) is 2.56. The fraction of sp³-hybridized carbons (Fsp3) is 0.294. The van der Waals surface area contributed by atoms with Crippen LogP contribution in [0.2, 0.25) is 0 Å². The van der Waals surface area contributed by atoms with Crippen molar-refractivity contribution >= 4 is 22.6 Å². The van der Waals surface area contributed by atoms with Crippen molar-refractivity contribution < 1.29 is 9.84 Å². The van der Waals surface area contributed by atoms with Crippen molar-refractivity contribution in [2.45, 2.75) is 25.9 Å².